The predicted molar refractivity (Wildman–Crippen MR) is 83.0 cm³/mol. The van der Waals surface area contributed by atoms with Crippen LogP contribution >= 0.6 is 0 Å². The Morgan fingerprint density at radius 2 is 2.05 bits per heavy atom. The fourth-order valence-corrected chi connectivity index (χ4v) is 2.38. The largest absolute Gasteiger partial charge is 0.461 e. The summed E-state index contributed by atoms with van der Waals surface area (Å²) < 4.78 is 11.4. The van der Waals surface area contributed by atoms with Crippen LogP contribution in [0.15, 0.2) is 28.7 Å². The van der Waals surface area contributed by atoms with Gasteiger partial charge in [-0.1, -0.05) is 31.5 Å². The number of unbranched alkanes of at least 4 members (excludes halogenated alkanes) is 1. The molecule has 0 saturated heterocycles. The topological polar surface area (TPSA) is 34.4 Å². The van der Waals surface area contributed by atoms with E-state index in [-0.39, 0.29) is 0 Å². The molecule has 0 radical (unpaired) electrons. The number of rotatable bonds is 9. The van der Waals surface area contributed by atoms with Crippen LogP contribution in [-0.2, 0) is 17.7 Å². The highest BCUT2D eigenvalue weighted by molar-refractivity contribution is 5.82. The maximum atomic E-state index is 6.01. The number of hydrogen-bond donors (Lipinski definition) is 1. The molecule has 110 valence electrons. The number of benzene rings is 1. The Morgan fingerprint density at radius 1 is 1.20 bits per heavy atom. The zero-order valence-electron chi connectivity index (χ0n) is 12.6. The van der Waals surface area contributed by atoms with Gasteiger partial charge in [-0.05, 0) is 19.4 Å². The van der Waals surface area contributed by atoms with Crippen LogP contribution in [0.4, 0.5) is 0 Å². The molecule has 0 atom stereocenters. The minimum Gasteiger partial charge on any atom is -0.461 e. The Bertz CT molecular complexity index is 519. The molecule has 0 amide bonds. The Morgan fingerprint density at radius 3 is 2.85 bits per heavy atom. The third-order valence-corrected chi connectivity index (χ3v) is 3.47. The van der Waals surface area contributed by atoms with Crippen molar-refractivity contribution in [3.63, 3.8) is 0 Å². The molecule has 0 aliphatic heterocycles. The summed E-state index contributed by atoms with van der Waals surface area (Å²) in [5, 5.41) is 4.69. The van der Waals surface area contributed by atoms with Crippen LogP contribution in [0.1, 0.15) is 38.0 Å². The van der Waals surface area contributed by atoms with E-state index in [1.165, 1.54) is 23.8 Å². The average Bonchev–Trinajstić information content (AvgIpc) is 2.83. The molecule has 1 N–H and O–H groups in total. The highest BCUT2D eigenvalue weighted by atomic mass is 16.5. The molecule has 0 fully saturated rings. The Kier molecular flexibility index (Phi) is 6.09. The van der Waals surface area contributed by atoms with Crippen LogP contribution < -0.4 is 5.32 Å². The van der Waals surface area contributed by atoms with Gasteiger partial charge >= 0.3 is 0 Å². The van der Waals surface area contributed by atoms with Gasteiger partial charge in [0.05, 0.1) is 6.61 Å². The zero-order valence-corrected chi connectivity index (χ0v) is 12.6. The van der Waals surface area contributed by atoms with Crippen molar-refractivity contribution in [2.45, 2.75) is 39.7 Å². The molecule has 1 aromatic carbocycles. The monoisotopic (exact) mass is 275 g/mol. The lowest BCUT2D eigenvalue weighted by Crippen LogP contribution is -2.19. The van der Waals surface area contributed by atoms with Gasteiger partial charge in [0, 0.05) is 37.1 Å². The van der Waals surface area contributed by atoms with Gasteiger partial charge in [0.25, 0.3) is 0 Å². The van der Waals surface area contributed by atoms with Crippen LogP contribution in [0, 0.1) is 0 Å². The third-order valence-electron chi connectivity index (χ3n) is 3.47. The summed E-state index contributed by atoms with van der Waals surface area (Å²) in [6.45, 7) is 7.49. The fraction of sp³-hybridized carbons (Fsp3) is 0.529. The number of fused-ring (bicyclic) bond motifs is 1. The smallest absolute Gasteiger partial charge is 0.134 e. The van der Waals surface area contributed by atoms with Crippen molar-refractivity contribution < 1.29 is 9.15 Å². The molecular formula is C17H25NO2. The van der Waals surface area contributed by atoms with Crippen molar-refractivity contribution in [2.24, 2.45) is 0 Å². The highest BCUT2D eigenvalue weighted by Crippen LogP contribution is 2.27. The lowest BCUT2D eigenvalue weighted by atomic mass is 10.1. The van der Waals surface area contributed by atoms with Gasteiger partial charge < -0.3 is 14.5 Å². The van der Waals surface area contributed by atoms with Crippen LogP contribution in [0.3, 0.4) is 0 Å². The summed E-state index contributed by atoms with van der Waals surface area (Å²) in [7, 11) is 0. The first-order chi connectivity index (χ1) is 9.86. The van der Waals surface area contributed by atoms with Crippen LogP contribution in [0.25, 0.3) is 11.0 Å². The molecule has 2 aromatic rings. The number of hydrogen-bond acceptors (Lipinski definition) is 3. The SMILES string of the molecule is CCCCc1oc2ccccc2c1CNCCOCC. The molecule has 3 nitrogen and oxygen atoms in total. The van der Waals surface area contributed by atoms with E-state index in [1.54, 1.807) is 0 Å². The quantitative estimate of drug-likeness (QED) is 0.705. The maximum absolute atomic E-state index is 6.01. The van der Waals surface area contributed by atoms with Crippen LogP contribution in [-0.4, -0.2) is 19.8 Å². The van der Waals surface area contributed by atoms with E-state index < -0.39 is 0 Å². The first-order valence-corrected chi connectivity index (χ1v) is 7.64. The molecule has 0 aliphatic rings. The molecular weight excluding hydrogens is 250 g/mol. The van der Waals surface area contributed by atoms with E-state index in [2.05, 4.69) is 30.4 Å². The van der Waals surface area contributed by atoms with Crippen molar-refractivity contribution in [3.8, 4) is 0 Å². The minimum absolute atomic E-state index is 0.760. The maximum Gasteiger partial charge on any atom is 0.134 e. The molecule has 1 aromatic heterocycles. The first kappa shape index (κ1) is 15.1. The number of furan rings is 1. The van der Waals surface area contributed by atoms with Crippen LogP contribution in [0.2, 0.25) is 0 Å². The summed E-state index contributed by atoms with van der Waals surface area (Å²) in [5.74, 6) is 1.14. The number of ether oxygens (including phenoxy) is 1. The van der Waals surface area contributed by atoms with E-state index in [0.717, 1.165) is 44.1 Å². The number of aryl methyl sites for hydroxylation is 1. The first-order valence-electron chi connectivity index (χ1n) is 7.64. The number of para-hydroxylation sites is 1. The van der Waals surface area contributed by atoms with E-state index in [1.807, 2.05) is 13.0 Å². The predicted octanol–water partition coefficient (Wildman–Crippen LogP) is 3.90. The van der Waals surface area contributed by atoms with E-state index in [9.17, 15) is 0 Å². The van der Waals surface area contributed by atoms with Crippen LogP contribution in [0.5, 0.6) is 0 Å². The molecule has 1 heterocycles. The van der Waals surface area contributed by atoms with E-state index >= 15 is 0 Å². The van der Waals surface area contributed by atoms with Gasteiger partial charge in [0.1, 0.15) is 11.3 Å². The lowest BCUT2D eigenvalue weighted by molar-refractivity contribution is 0.149. The van der Waals surface area contributed by atoms with Gasteiger partial charge in [-0.25, -0.2) is 0 Å². The molecule has 0 unspecified atom stereocenters. The van der Waals surface area contributed by atoms with Gasteiger partial charge in [-0.3, -0.25) is 0 Å². The second kappa shape index (κ2) is 8.08. The molecule has 0 bridgehead atoms. The summed E-state index contributed by atoms with van der Waals surface area (Å²) in [4.78, 5) is 0. The lowest BCUT2D eigenvalue weighted by Gasteiger charge is -2.06. The molecule has 0 saturated carbocycles. The molecule has 0 spiro atoms. The van der Waals surface area contributed by atoms with Gasteiger partial charge in [-0.15, -0.1) is 0 Å². The minimum atomic E-state index is 0.760. The fourth-order valence-electron chi connectivity index (χ4n) is 2.38. The van der Waals surface area contributed by atoms with E-state index in [4.69, 9.17) is 9.15 Å². The van der Waals surface area contributed by atoms with Gasteiger partial charge in [0.15, 0.2) is 0 Å². The van der Waals surface area contributed by atoms with Gasteiger partial charge in [0.2, 0.25) is 0 Å². The van der Waals surface area contributed by atoms with Crippen molar-refractivity contribution in [1.29, 1.82) is 0 Å². The molecule has 20 heavy (non-hydrogen) atoms. The standard InChI is InChI=1S/C17H25NO2/c1-3-5-9-17-15(13-18-11-12-19-4-2)14-8-6-7-10-16(14)20-17/h6-8,10,18H,3-5,9,11-13H2,1-2H3. The van der Waals surface area contributed by atoms with Gasteiger partial charge in [-0.2, -0.15) is 0 Å². The van der Waals surface area contributed by atoms with E-state index in [0.29, 0.717) is 0 Å². The Labute approximate surface area is 121 Å². The highest BCUT2D eigenvalue weighted by Gasteiger charge is 2.12. The summed E-state index contributed by atoms with van der Waals surface area (Å²) >= 11 is 0. The Balaban J connectivity index is 2.07. The molecule has 0 aliphatic carbocycles. The molecule has 2 rings (SSSR count). The second-order valence-corrected chi connectivity index (χ2v) is 4.98. The average molecular weight is 275 g/mol. The summed E-state index contributed by atoms with van der Waals surface area (Å²) in [6.07, 6.45) is 3.38. The summed E-state index contributed by atoms with van der Waals surface area (Å²) in [5.41, 5.74) is 2.31. The number of nitrogens with one attached hydrogen (secondary N) is 1. The van der Waals surface area contributed by atoms with Crippen molar-refractivity contribution in [3.05, 3.63) is 35.6 Å². The van der Waals surface area contributed by atoms with Crippen molar-refractivity contribution in [2.75, 3.05) is 19.8 Å². The Hall–Kier alpha value is -1.32. The van der Waals surface area contributed by atoms with Crippen molar-refractivity contribution in [1.82, 2.24) is 5.32 Å². The molecule has 3 heteroatoms. The normalized spacial score (nSPS) is 11.3. The zero-order chi connectivity index (χ0) is 14.2. The second-order valence-electron chi connectivity index (χ2n) is 4.98. The van der Waals surface area contributed by atoms with Crippen molar-refractivity contribution >= 4 is 11.0 Å². The third kappa shape index (κ3) is 3.84. The summed E-state index contributed by atoms with van der Waals surface area (Å²) in [6, 6.07) is 8.30.